The molecule has 7 nitrogen and oxygen atoms in total. The van der Waals surface area contributed by atoms with Gasteiger partial charge in [-0.1, -0.05) is 29.8 Å². The molecule has 2 aromatic carbocycles. The van der Waals surface area contributed by atoms with E-state index in [4.69, 9.17) is 30.5 Å². The van der Waals surface area contributed by atoms with Crippen molar-refractivity contribution in [3.8, 4) is 23.3 Å². The quantitative estimate of drug-likeness (QED) is 0.330. The van der Waals surface area contributed by atoms with Gasteiger partial charge in [-0.05, 0) is 48.7 Å². The molecule has 1 fully saturated rings. The molecule has 1 aliphatic heterocycles. The maximum atomic E-state index is 12.3. The molecule has 1 N–H and O–H groups in total. The molecular weight excluding hydrogens is 432 g/mol. The fraction of sp³-hybridized carbons (Fsp3) is 0.333. The Morgan fingerprint density at radius 2 is 2.00 bits per heavy atom. The Morgan fingerprint density at radius 1 is 1.22 bits per heavy atom. The van der Waals surface area contributed by atoms with Crippen molar-refractivity contribution in [2.75, 3.05) is 33.5 Å². The molecule has 1 heterocycles. The number of nitriles is 1. The molecule has 0 saturated carbocycles. The Balaban J connectivity index is 1.57. The number of carbonyl (C=O) groups is 1. The Morgan fingerprint density at radius 3 is 2.69 bits per heavy atom. The molecule has 0 radical (unpaired) electrons. The van der Waals surface area contributed by atoms with Crippen LogP contribution in [0.2, 0.25) is 5.02 Å². The fourth-order valence-electron chi connectivity index (χ4n) is 3.18. The van der Waals surface area contributed by atoms with Gasteiger partial charge in [0.05, 0.1) is 18.2 Å². The van der Waals surface area contributed by atoms with Gasteiger partial charge in [-0.3, -0.25) is 4.79 Å². The predicted molar refractivity (Wildman–Crippen MR) is 121 cm³/mol. The van der Waals surface area contributed by atoms with E-state index < -0.39 is 5.91 Å². The molecule has 0 aliphatic carbocycles. The summed E-state index contributed by atoms with van der Waals surface area (Å²) in [7, 11) is 1.52. The molecule has 1 aliphatic rings. The highest BCUT2D eigenvalue weighted by Crippen LogP contribution is 2.29. The normalized spacial score (nSPS) is 15.7. The smallest absolute Gasteiger partial charge is 0.262 e. The van der Waals surface area contributed by atoms with Gasteiger partial charge in [0.25, 0.3) is 5.91 Å². The van der Waals surface area contributed by atoms with Crippen LogP contribution in [-0.2, 0) is 9.53 Å². The van der Waals surface area contributed by atoms with E-state index in [-0.39, 0.29) is 18.3 Å². The maximum Gasteiger partial charge on any atom is 0.262 e. The van der Waals surface area contributed by atoms with Crippen molar-refractivity contribution in [3.05, 3.63) is 58.6 Å². The third-order valence-corrected chi connectivity index (χ3v) is 5.13. The molecule has 168 valence electrons. The predicted octanol–water partition coefficient (Wildman–Crippen LogP) is 4.01. The highest BCUT2D eigenvalue weighted by atomic mass is 35.5. The first kappa shape index (κ1) is 23.5. The van der Waals surface area contributed by atoms with Crippen LogP contribution in [0.3, 0.4) is 0 Å². The number of para-hydroxylation sites is 1. The van der Waals surface area contributed by atoms with Crippen LogP contribution >= 0.6 is 11.6 Å². The number of methoxy groups -OCH3 is 1. The largest absolute Gasteiger partial charge is 0.493 e. The van der Waals surface area contributed by atoms with Crippen LogP contribution in [0.4, 0.5) is 0 Å². The Kier molecular flexibility index (Phi) is 8.79. The van der Waals surface area contributed by atoms with Crippen molar-refractivity contribution in [3.63, 3.8) is 0 Å². The third kappa shape index (κ3) is 6.64. The van der Waals surface area contributed by atoms with Gasteiger partial charge in [0.2, 0.25) is 0 Å². The fourth-order valence-corrected chi connectivity index (χ4v) is 3.37. The zero-order valence-corrected chi connectivity index (χ0v) is 18.6. The van der Waals surface area contributed by atoms with Gasteiger partial charge in [-0.15, -0.1) is 0 Å². The van der Waals surface area contributed by atoms with Crippen molar-refractivity contribution in [1.82, 2.24) is 5.32 Å². The van der Waals surface area contributed by atoms with Gasteiger partial charge in [0, 0.05) is 13.2 Å². The summed E-state index contributed by atoms with van der Waals surface area (Å²) in [5, 5.41) is 12.7. The average Bonchev–Trinajstić information content (AvgIpc) is 3.34. The summed E-state index contributed by atoms with van der Waals surface area (Å²) in [6.45, 7) is 1.69. The molecule has 0 spiro atoms. The van der Waals surface area contributed by atoms with Crippen molar-refractivity contribution in [1.29, 1.82) is 5.26 Å². The molecular formula is C24H25ClN2O5. The number of ether oxygens (including phenoxy) is 4. The van der Waals surface area contributed by atoms with Gasteiger partial charge < -0.3 is 24.3 Å². The van der Waals surface area contributed by atoms with Crippen LogP contribution in [0.5, 0.6) is 17.2 Å². The lowest BCUT2D eigenvalue weighted by atomic mass is 10.1. The van der Waals surface area contributed by atoms with E-state index in [0.29, 0.717) is 47.6 Å². The minimum Gasteiger partial charge on any atom is -0.493 e. The summed E-state index contributed by atoms with van der Waals surface area (Å²) in [5.41, 5.74) is 0.650. The summed E-state index contributed by atoms with van der Waals surface area (Å²) < 4.78 is 22.2. The zero-order chi connectivity index (χ0) is 22.8. The van der Waals surface area contributed by atoms with Gasteiger partial charge >= 0.3 is 0 Å². The number of benzene rings is 2. The van der Waals surface area contributed by atoms with Gasteiger partial charge in [0.15, 0.2) is 11.5 Å². The van der Waals surface area contributed by atoms with Crippen LogP contribution in [0.25, 0.3) is 6.08 Å². The molecule has 1 saturated heterocycles. The first-order valence-corrected chi connectivity index (χ1v) is 10.7. The second kappa shape index (κ2) is 12.0. The summed E-state index contributed by atoms with van der Waals surface area (Å²) in [6, 6.07) is 14.3. The first-order chi connectivity index (χ1) is 15.6. The van der Waals surface area contributed by atoms with Crippen molar-refractivity contribution in [2.24, 2.45) is 0 Å². The minimum atomic E-state index is -0.431. The molecule has 1 atom stereocenters. The molecule has 1 amide bonds. The van der Waals surface area contributed by atoms with E-state index in [1.807, 2.05) is 18.2 Å². The van der Waals surface area contributed by atoms with Crippen molar-refractivity contribution >= 4 is 23.6 Å². The lowest BCUT2D eigenvalue weighted by Gasteiger charge is -2.13. The van der Waals surface area contributed by atoms with E-state index >= 15 is 0 Å². The van der Waals surface area contributed by atoms with Crippen molar-refractivity contribution in [2.45, 2.75) is 18.9 Å². The number of nitrogens with one attached hydrogen (secondary N) is 1. The first-order valence-electron chi connectivity index (χ1n) is 10.3. The molecule has 32 heavy (non-hydrogen) atoms. The number of carbonyl (C=O) groups excluding carboxylic acids is 1. The van der Waals surface area contributed by atoms with E-state index in [0.717, 1.165) is 12.8 Å². The van der Waals surface area contributed by atoms with E-state index in [1.54, 1.807) is 30.3 Å². The third-order valence-electron chi connectivity index (χ3n) is 4.81. The number of hydrogen-bond donors (Lipinski definition) is 1. The number of nitrogens with zero attached hydrogens (tertiary/aromatic N) is 1. The van der Waals surface area contributed by atoms with Crippen LogP contribution < -0.4 is 19.5 Å². The summed E-state index contributed by atoms with van der Waals surface area (Å²) >= 11 is 6.06. The second-order valence-corrected chi connectivity index (χ2v) is 7.46. The van der Waals surface area contributed by atoms with Crippen molar-refractivity contribution < 1.29 is 23.7 Å². The molecule has 8 heteroatoms. The van der Waals surface area contributed by atoms with Crippen LogP contribution in [0, 0.1) is 11.3 Å². The number of halogens is 1. The summed E-state index contributed by atoms with van der Waals surface area (Å²) in [4.78, 5) is 12.3. The maximum absolute atomic E-state index is 12.3. The number of amides is 1. The lowest BCUT2D eigenvalue weighted by Crippen LogP contribution is -2.32. The molecule has 2 aromatic rings. The van der Waals surface area contributed by atoms with Gasteiger partial charge in [-0.2, -0.15) is 5.26 Å². The summed E-state index contributed by atoms with van der Waals surface area (Å²) in [6.07, 6.45) is 3.42. The monoisotopic (exact) mass is 456 g/mol. The Bertz CT molecular complexity index is 996. The highest BCUT2D eigenvalue weighted by molar-refractivity contribution is 6.32. The minimum absolute atomic E-state index is 0.00635. The van der Waals surface area contributed by atoms with Gasteiger partial charge in [0.1, 0.15) is 30.6 Å². The topological polar surface area (TPSA) is 89.8 Å². The molecule has 0 bridgehead atoms. The van der Waals surface area contributed by atoms with E-state index in [9.17, 15) is 10.1 Å². The SMILES string of the molecule is COc1cc(/C=C(\C#N)C(=O)NC[C@H]2CCCO2)ccc1OCCOc1ccccc1Cl. The van der Waals surface area contributed by atoms with E-state index in [2.05, 4.69) is 5.32 Å². The number of rotatable bonds is 10. The standard InChI is InChI=1S/C24H25ClN2O5/c1-29-23-14-17(13-18(15-26)24(28)27-16-19-5-4-10-30-19)8-9-22(23)32-12-11-31-21-7-3-2-6-20(21)25/h2-3,6-9,13-14,19H,4-5,10-12,16H2,1H3,(H,27,28)/b18-13+/t19-/m1/s1. The average molecular weight is 457 g/mol. The van der Waals surface area contributed by atoms with Gasteiger partial charge in [-0.25, -0.2) is 0 Å². The molecule has 0 unspecified atom stereocenters. The Labute approximate surface area is 192 Å². The Hall–Kier alpha value is -3.21. The second-order valence-electron chi connectivity index (χ2n) is 7.05. The van der Waals surface area contributed by atoms with Crippen LogP contribution in [0.1, 0.15) is 18.4 Å². The van der Waals surface area contributed by atoms with Crippen LogP contribution in [-0.4, -0.2) is 45.5 Å². The molecule has 0 aromatic heterocycles. The van der Waals surface area contributed by atoms with E-state index in [1.165, 1.54) is 13.2 Å². The zero-order valence-electron chi connectivity index (χ0n) is 17.8. The summed E-state index contributed by atoms with van der Waals surface area (Å²) in [5.74, 6) is 1.16. The molecule has 3 rings (SSSR count). The number of hydrogen-bond acceptors (Lipinski definition) is 6. The lowest BCUT2D eigenvalue weighted by molar-refractivity contribution is -0.117. The van der Waals surface area contributed by atoms with Crippen LogP contribution in [0.15, 0.2) is 48.0 Å². The highest BCUT2D eigenvalue weighted by Gasteiger charge is 2.17.